The van der Waals surface area contributed by atoms with E-state index in [2.05, 4.69) is 15.2 Å². The van der Waals surface area contributed by atoms with Gasteiger partial charge in [0.25, 0.3) is 5.91 Å². The number of hydrogen-bond acceptors (Lipinski definition) is 4. The van der Waals surface area contributed by atoms with Crippen LogP contribution in [0.25, 0.3) is 5.69 Å². The Bertz CT molecular complexity index is 621. The second-order valence-corrected chi connectivity index (χ2v) is 4.97. The number of aromatic nitrogens is 2. The third-order valence-corrected chi connectivity index (χ3v) is 3.36. The quantitative estimate of drug-likeness (QED) is 0.826. The second-order valence-electron chi connectivity index (χ2n) is 4.97. The summed E-state index contributed by atoms with van der Waals surface area (Å²) in [7, 11) is 1.36. The van der Waals surface area contributed by atoms with Crippen LogP contribution in [0.5, 0.6) is 0 Å². The summed E-state index contributed by atoms with van der Waals surface area (Å²) in [5, 5.41) is 6.92. The highest BCUT2D eigenvalue weighted by atomic mass is 16.5. The van der Waals surface area contributed by atoms with Crippen molar-refractivity contribution in [3.8, 4) is 5.69 Å². The number of methoxy groups -OCH3 is 1. The van der Waals surface area contributed by atoms with Gasteiger partial charge in [-0.3, -0.25) is 9.59 Å². The predicted molar refractivity (Wildman–Crippen MR) is 81.7 cm³/mol. The van der Waals surface area contributed by atoms with Crippen molar-refractivity contribution in [3.05, 3.63) is 48.3 Å². The first-order chi connectivity index (χ1) is 10.6. The Labute approximate surface area is 129 Å². The van der Waals surface area contributed by atoms with Gasteiger partial charge in [0.15, 0.2) is 0 Å². The van der Waals surface area contributed by atoms with Gasteiger partial charge in [0.1, 0.15) is 0 Å². The van der Waals surface area contributed by atoms with Gasteiger partial charge in [0.05, 0.1) is 18.7 Å². The number of carbonyl (C=O) groups excluding carboxylic acids is 2. The normalized spacial score (nSPS) is 11.7. The van der Waals surface area contributed by atoms with E-state index in [9.17, 15) is 9.59 Å². The molecule has 2 aromatic rings. The zero-order valence-corrected chi connectivity index (χ0v) is 12.7. The highest BCUT2D eigenvalue weighted by molar-refractivity contribution is 5.94. The molecule has 0 aliphatic carbocycles. The molecule has 0 aliphatic rings. The van der Waals surface area contributed by atoms with Crippen molar-refractivity contribution in [2.75, 3.05) is 13.7 Å². The van der Waals surface area contributed by atoms with Crippen molar-refractivity contribution in [1.82, 2.24) is 15.1 Å². The van der Waals surface area contributed by atoms with Gasteiger partial charge in [-0.15, -0.1) is 0 Å². The minimum atomic E-state index is -0.266. The number of esters is 1. The lowest BCUT2D eigenvalue weighted by Crippen LogP contribution is -2.27. The van der Waals surface area contributed by atoms with E-state index in [1.54, 1.807) is 29.9 Å². The summed E-state index contributed by atoms with van der Waals surface area (Å²) in [6.45, 7) is 2.20. The SMILES string of the molecule is COC(=O)C(C)CCNC(=O)c1ccc(-n2cccn2)cc1. The maximum absolute atomic E-state index is 12.0. The van der Waals surface area contributed by atoms with E-state index >= 15 is 0 Å². The molecule has 0 spiro atoms. The van der Waals surface area contributed by atoms with E-state index in [1.165, 1.54) is 7.11 Å². The first-order valence-corrected chi connectivity index (χ1v) is 7.08. The maximum Gasteiger partial charge on any atom is 0.308 e. The molecule has 1 N–H and O–H groups in total. The topological polar surface area (TPSA) is 73.2 Å². The Morgan fingerprint density at radius 1 is 1.32 bits per heavy atom. The van der Waals surface area contributed by atoms with Crippen LogP contribution in [0.1, 0.15) is 23.7 Å². The number of ether oxygens (including phenoxy) is 1. The van der Waals surface area contributed by atoms with Crippen LogP contribution in [0.4, 0.5) is 0 Å². The summed E-state index contributed by atoms with van der Waals surface area (Å²) < 4.78 is 6.36. The van der Waals surface area contributed by atoms with Crippen molar-refractivity contribution in [2.24, 2.45) is 5.92 Å². The van der Waals surface area contributed by atoms with Crippen LogP contribution in [0, 0.1) is 5.92 Å². The average molecular weight is 301 g/mol. The average Bonchev–Trinajstić information content (AvgIpc) is 3.08. The number of nitrogens with zero attached hydrogens (tertiary/aromatic N) is 2. The van der Waals surface area contributed by atoms with Gasteiger partial charge < -0.3 is 10.1 Å². The molecule has 0 saturated heterocycles. The van der Waals surface area contributed by atoms with E-state index in [1.807, 2.05) is 24.4 Å². The molecule has 0 bridgehead atoms. The van der Waals surface area contributed by atoms with Crippen molar-refractivity contribution >= 4 is 11.9 Å². The number of hydrogen-bond donors (Lipinski definition) is 1. The van der Waals surface area contributed by atoms with Gasteiger partial charge in [-0.05, 0) is 36.8 Å². The molecule has 1 unspecified atom stereocenters. The Hall–Kier alpha value is -2.63. The van der Waals surface area contributed by atoms with Crippen LogP contribution in [0.2, 0.25) is 0 Å². The molecule has 1 aromatic heterocycles. The molecule has 0 radical (unpaired) electrons. The van der Waals surface area contributed by atoms with Crippen LogP contribution < -0.4 is 5.32 Å². The third-order valence-electron chi connectivity index (χ3n) is 3.36. The largest absolute Gasteiger partial charge is 0.469 e. The van der Waals surface area contributed by atoms with Crippen LogP contribution in [-0.4, -0.2) is 35.3 Å². The predicted octanol–water partition coefficient (Wildman–Crippen LogP) is 1.80. The summed E-state index contributed by atoms with van der Waals surface area (Å²) in [6.07, 6.45) is 4.08. The maximum atomic E-state index is 12.0. The molecule has 2 rings (SSSR count). The van der Waals surface area contributed by atoms with E-state index in [4.69, 9.17) is 0 Å². The molecule has 1 heterocycles. The summed E-state index contributed by atoms with van der Waals surface area (Å²) >= 11 is 0. The Morgan fingerprint density at radius 3 is 2.64 bits per heavy atom. The molecule has 6 nitrogen and oxygen atoms in total. The lowest BCUT2D eigenvalue weighted by molar-refractivity contribution is -0.144. The van der Waals surface area contributed by atoms with Crippen molar-refractivity contribution in [3.63, 3.8) is 0 Å². The van der Waals surface area contributed by atoms with E-state index < -0.39 is 0 Å². The molecule has 1 amide bonds. The zero-order valence-electron chi connectivity index (χ0n) is 12.7. The minimum absolute atomic E-state index is 0.163. The highest BCUT2D eigenvalue weighted by Gasteiger charge is 2.13. The van der Waals surface area contributed by atoms with Crippen LogP contribution in [0.3, 0.4) is 0 Å². The van der Waals surface area contributed by atoms with E-state index in [0.29, 0.717) is 18.5 Å². The molecule has 0 fully saturated rings. The number of benzene rings is 1. The first-order valence-electron chi connectivity index (χ1n) is 7.08. The highest BCUT2D eigenvalue weighted by Crippen LogP contribution is 2.09. The number of carbonyl (C=O) groups is 2. The van der Waals surface area contributed by atoms with E-state index in [0.717, 1.165) is 5.69 Å². The fraction of sp³-hybridized carbons (Fsp3) is 0.312. The monoisotopic (exact) mass is 301 g/mol. The van der Waals surface area contributed by atoms with Gasteiger partial charge in [-0.25, -0.2) is 4.68 Å². The van der Waals surface area contributed by atoms with Crippen LogP contribution in [-0.2, 0) is 9.53 Å². The fourth-order valence-corrected chi connectivity index (χ4v) is 2.01. The third kappa shape index (κ3) is 3.94. The number of amides is 1. The molecule has 0 aliphatic heterocycles. The zero-order chi connectivity index (χ0) is 15.9. The van der Waals surface area contributed by atoms with Crippen LogP contribution in [0.15, 0.2) is 42.7 Å². The van der Waals surface area contributed by atoms with E-state index in [-0.39, 0.29) is 17.8 Å². The van der Waals surface area contributed by atoms with Crippen LogP contribution >= 0.6 is 0 Å². The molecule has 0 saturated carbocycles. The standard InChI is InChI=1S/C16H19N3O3/c1-12(16(21)22-2)8-10-17-15(20)13-4-6-14(7-5-13)19-11-3-9-18-19/h3-7,9,11-12H,8,10H2,1-2H3,(H,17,20). The molecule has 6 heteroatoms. The molecule has 1 atom stereocenters. The summed E-state index contributed by atoms with van der Waals surface area (Å²) in [5.74, 6) is -0.658. The lowest BCUT2D eigenvalue weighted by atomic mass is 10.1. The summed E-state index contributed by atoms with van der Waals surface area (Å²) in [4.78, 5) is 23.3. The molecular weight excluding hydrogens is 282 g/mol. The van der Waals surface area contributed by atoms with Gasteiger partial charge in [-0.2, -0.15) is 5.10 Å². The number of rotatable bonds is 6. The number of nitrogens with one attached hydrogen (secondary N) is 1. The van der Waals surface area contributed by atoms with Gasteiger partial charge in [-0.1, -0.05) is 6.92 Å². The summed E-state index contributed by atoms with van der Waals surface area (Å²) in [5.41, 5.74) is 1.46. The molecular formula is C16H19N3O3. The van der Waals surface area contributed by atoms with Crippen molar-refractivity contribution in [1.29, 1.82) is 0 Å². The molecule has 22 heavy (non-hydrogen) atoms. The van der Waals surface area contributed by atoms with Crippen molar-refractivity contribution in [2.45, 2.75) is 13.3 Å². The van der Waals surface area contributed by atoms with Gasteiger partial charge in [0, 0.05) is 24.5 Å². The summed E-state index contributed by atoms with van der Waals surface area (Å²) in [6, 6.07) is 8.99. The Morgan fingerprint density at radius 2 is 2.05 bits per heavy atom. The van der Waals surface area contributed by atoms with Crippen molar-refractivity contribution < 1.29 is 14.3 Å². The minimum Gasteiger partial charge on any atom is -0.469 e. The van der Waals surface area contributed by atoms with Gasteiger partial charge in [0.2, 0.25) is 0 Å². The second kappa shape index (κ2) is 7.40. The fourth-order valence-electron chi connectivity index (χ4n) is 2.01. The van der Waals surface area contributed by atoms with Gasteiger partial charge >= 0.3 is 5.97 Å². The lowest BCUT2D eigenvalue weighted by Gasteiger charge is -2.10. The first kappa shape index (κ1) is 15.8. The molecule has 1 aromatic carbocycles. The Balaban J connectivity index is 1.86. The smallest absolute Gasteiger partial charge is 0.308 e. The Kier molecular flexibility index (Phi) is 5.30. The molecule has 116 valence electrons.